The van der Waals surface area contributed by atoms with Crippen LogP contribution in [0.2, 0.25) is 0 Å². The summed E-state index contributed by atoms with van der Waals surface area (Å²) >= 11 is 0. The van der Waals surface area contributed by atoms with Gasteiger partial charge >= 0.3 is 0 Å². The molecule has 5 nitrogen and oxygen atoms in total. The Kier molecular flexibility index (Phi) is 5.90. The van der Waals surface area contributed by atoms with Gasteiger partial charge in [0.1, 0.15) is 5.75 Å². The highest BCUT2D eigenvalue weighted by atomic mass is 32.2. The Morgan fingerprint density at radius 2 is 1.80 bits per heavy atom. The van der Waals surface area contributed by atoms with Gasteiger partial charge in [0.2, 0.25) is 0 Å². The Balaban J connectivity index is 1.91. The van der Waals surface area contributed by atoms with Crippen molar-refractivity contribution in [2.45, 2.75) is 11.5 Å². The van der Waals surface area contributed by atoms with Gasteiger partial charge < -0.3 is 15.4 Å². The monoisotopic (exact) mass is 422 g/mol. The van der Waals surface area contributed by atoms with Crippen LogP contribution in [-0.2, 0) is 5.75 Å². The quantitative estimate of drug-likeness (QED) is 0.345. The summed E-state index contributed by atoms with van der Waals surface area (Å²) < 4.78 is 5.49. The summed E-state index contributed by atoms with van der Waals surface area (Å²) in [7, 11) is 7.27. The summed E-state index contributed by atoms with van der Waals surface area (Å²) in [6.45, 7) is 0. The fourth-order valence-electron chi connectivity index (χ4n) is 4.07. The SMILES string of the molecule is CNC1=CC(NC)(NC)Nc2ccc(-c3cccc(OC)c3)c(C[SH]3C=CC=C3)c21. The fourth-order valence-corrected chi connectivity index (χ4v) is 5.72. The molecule has 0 spiro atoms. The molecule has 4 rings (SSSR count). The van der Waals surface area contributed by atoms with Gasteiger partial charge in [-0.1, -0.05) is 30.4 Å². The predicted octanol–water partition coefficient (Wildman–Crippen LogP) is 3.98. The molecule has 0 amide bonds. The highest BCUT2D eigenvalue weighted by Gasteiger charge is 2.32. The minimum absolute atomic E-state index is 0.316. The summed E-state index contributed by atoms with van der Waals surface area (Å²) in [5.74, 6) is 1.36. The van der Waals surface area contributed by atoms with Crippen molar-refractivity contribution in [3.05, 3.63) is 76.6 Å². The largest absolute Gasteiger partial charge is 0.497 e. The molecule has 0 aromatic heterocycles. The molecule has 4 N–H and O–H groups in total. The van der Waals surface area contributed by atoms with Crippen LogP contribution in [0, 0.1) is 0 Å². The molecule has 0 saturated carbocycles. The van der Waals surface area contributed by atoms with E-state index < -0.39 is 5.79 Å². The number of anilines is 1. The molecule has 2 heterocycles. The van der Waals surface area contributed by atoms with Crippen LogP contribution < -0.4 is 26.0 Å². The lowest BCUT2D eigenvalue weighted by Crippen LogP contribution is -2.60. The van der Waals surface area contributed by atoms with Gasteiger partial charge in [0.05, 0.1) is 7.11 Å². The van der Waals surface area contributed by atoms with Gasteiger partial charge in [-0.05, 0) is 65.9 Å². The van der Waals surface area contributed by atoms with E-state index in [9.17, 15) is 0 Å². The molecule has 158 valence electrons. The highest BCUT2D eigenvalue weighted by molar-refractivity contribution is 8.21. The molecule has 2 aromatic rings. The number of benzene rings is 2. The van der Waals surface area contributed by atoms with Crippen LogP contribution in [0.4, 0.5) is 5.69 Å². The molecule has 0 radical (unpaired) electrons. The van der Waals surface area contributed by atoms with Gasteiger partial charge in [0, 0.05) is 29.7 Å². The third-order valence-corrected chi connectivity index (χ3v) is 7.51. The number of ether oxygens (including phenoxy) is 1. The van der Waals surface area contributed by atoms with Crippen molar-refractivity contribution in [1.29, 1.82) is 0 Å². The smallest absolute Gasteiger partial charge is 0.165 e. The van der Waals surface area contributed by atoms with E-state index in [1.807, 2.05) is 27.2 Å². The van der Waals surface area contributed by atoms with Crippen molar-refractivity contribution < 1.29 is 4.74 Å². The Hall–Kier alpha value is -2.67. The lowest BCUT2D eigenvalue weighted by atomic mass is 9.90. The Morgan fingerprint density at radius 1 is 1.03 bits per heavy atom. The van der Waals surface area contributed by atoms with Crippen LogP contribution in [0.25, 0.3) is 16.8 Å². The van der Waals surface area contributed by atoms with Crippen LogP contribution in [0.15, 0.2) is 65.4 Å². The minimum atomic E-state index is -0.501. The number of hydrogen-bond donors (Lipinski definition) is 5. The van der Waals surface area contributed by atoms with Crippen LogP contribution in [-0.4, -0.2) is 34.0 Å². The number of methoxy groups -OCH3 is 1. The van der Waals surface area contributed by atoms with Gasteiger partial charge in [-0.15, -0.1) is 0 Å². The standard InChI is InChI=1S/C24H30N4OS/c1-25-22-15-24(26-2,27-3)28-21-11-10-19(17-8-7-9-18(14-17)29-4)20(23(21)22)16-30-12-5-6-13-30/h5-15,25-28,30H,16H2,1-4H3. The Bertz CT molecular complexity index is 1010. The maximum absolute atomic E-state index is 5.49. The van der Waals surface area contributed by atoms with Crippen molar-refractivity contribution >= 4 is 22.3 Å². The van der Waals surface area contributed by atoms with Crippen molar-refractivity contribution in [1.82, 2.24) is 16.0 Å². The topological polar surface area (TPSA) is 57.3 Å². The zero-order valence-corrected chi connectivity index (χ0v) is 18.8. The van der Waals surface area contributed by atoms with Gasteiger partial charge in [0.25, 0.3) is 0 Å². The number of allylic oxidation sites excluding steroid dienone is 2. The zero-order chi connectivity index (χ0) is 21.1. The normalized spacial score (nSPS) is 17.3. The lowest BCUT2D eigenvalue weighted by molar-refractivity contribution is 0.415. The molecule has 2 aliphatic heterocycles. The highest BCUT2D eigenvalue weighted by Crippen LogP contribution is 2.45. The molecule has 0 fully saturated rings. The summed E-state index contributed by atoms with van der Waals surface area (Å²) in [4.78, 5) is 0. The van der Waals surface area contributed by atoms with E-state index in [1.54, 1.807) is 7.11 Å². The second-order valence-electron chi connectivity index (χ2n) is 7.34. The second kappa shape index (κ2) is 8.60. The number of likely N-dealkylation sites (N-methyl/N-ethyl adjacent to an activating group) is 2. The van der Waals surface area contributed by atoms with E-state index in [2.05, 4.69) is 80.6 Å². The average molecular weight is 423 g/mol. The number of hydrogen-bond acceptors (Lipinski definition) is 5. The molecule has 6 heteroatoms. The molecule has 2 aromatic carbocycles. The van der Waals surface area contributed by atoms with E-state index in [1.165, 1.54) is 22.3 Å². The first-order valence-corrected chi connectivity index (χ1v) is 11.8. The first-order chi connectivity index (χ1) is 14.6. The number of nitrogens with one attached hydrogen (secondary N) is 4. The van der Waals surface area contributed by atoms with E-state index in [-0.39, 0.29) is 10.9 Å². The van der Waals surface area contributed by atoms with Gasteiger partial charge in [-0.25, -0.2) is 10.9 Å². The molecule has 0 unspecified atom stereocenters. The number of rotatable bonds is 7. The van der Waals surface area contributed by atoms with Crippen LogP contribution in [0.1, 0.15) is 11.1 Å². The van der Waals surface area contributed by atoms with Gasteiger partial charge in [-0.3, -0.25) is 10.6 Å². The summed E-state index contributed by atoms with van der Waals surface area (Å²) in [6, 6.07) is 12.7. The molecule has 30 heavy (non-hydrogen) atoms. The molecule has 0 saturated heterocycles. The van der Waals surface area contributed by atoms with E-state index in [0.717, 1.165) is 22.9 Å². The molecule has 0 bridgehead atoms. The van der Waals surface area contributed by atoms with Crippen molar-refractivity contribution in [3.8, 4) is 16.9 Å². The number of fused-ring (bicyclic) bond motifs is 1. The summed E-state index contributed by atoms with van der Waals surface area (Å²) in [6.07, 6.45) is 6.50. The first kappa shape index (κ1) is 20.6. The van der Waals surface area contributed by atoms with Crippen molar-refractivity contribution in [2.24, 2.45) is 0 Å². The Labute approximate surface area is 181 Å². The third-order valence-electron chi connectivity index (χ3n) is 5.72. The van der Waals surface area contributed by atoms with Gasteiger partial charge in [0.15, 0.2) is 5.79 Å². The average Bonchev–Trinajstić information content (AvgIpc) is 3.31. The number of thiol groups is 1. The molecular weight excluding hydrogens is 392 g/mol. The van der Waals surface area contributed by atoms with Gasteiger partial charge in [-0.2, -0.15) is 0 Å². The summed E-state index contributed by atoms with van der Waals surface area (Å²) in [5, 5.41) is 18.4. The fraction of sp³-hybridized carbons (Fsp3) is 0.250. The molecular formula is C24H30N4OS. The minimum Gasteiger partial charge on any atom is -0.497 e. The van der Waals surface area contributed by atoms with E-state index >= 15 is 0 Å². The van der Waals surface area contributed by atoms with Crippen molar-refractivity contribution in [2.75, 3.05) is 33.6 Å². The Morgan fingerprint density at radius 3 is 2.47 bits per heavy atom. The molecule has 0 atom stereocenters. The maximum Gasteiger partial charge on any atom is 0.165 e. The second-order valence-corrected chi connectivity index (χ2v) is 9.28. The first-order valence-electron chi connectivity index (χ1n) is 10.1. The lowest BCUT2D eigenvalue weighted by Gasteiger charge is -2.39. The van der Waals surface area contributed by atoms with Crippen LogP contribution >= 0.6 is 10.9 Å². The van der Waals surface area contributed by atoms with Crippen LogP contribution in [0.5, 0.6) is 5.75 Å². The third kappa shape index (κ3) is 3.74. The van der Waals surface area contributed by atoms with E-state index in [4.69, 9.17) is 4.74 Å². The molecule has 2 aliphatic rings. The summed E-state index contributed by atoms with van der Waals surface area (Å²) in [5.41, 5.74) is 7.20. The van der Waals surface area contributed by atoms with Crippen LogP contribution in [0.3, 0.4) is 0 Å². The molecule has 0 aliphatic carbocycles. The zero-order valence-electron chi connectivity index (χ0n) is 17.9. The predicted molar refractivity (Wildman–Crippen MR) is 131 cm³/mol. The van der Waals surface area contributed by atoms with Crippen molar-refractivity contribution in [3.63, 3.8) is 0 Å². The van der Waals surface area contributed by atoms with E-state index in [0.29, 0.717) is 0 Å². The maximum atomic E-state index is 5.49.